The van der Waals surface area contributed by atoms with Gasteiger partial charge in [-0.1, -0.05) is 35.3 Å². The largest absolute Gasteiger partial charge is 0.453 e. The van der Waals surface area contributed by atoms with E-state index in [1.54, 1.807) is 0 Å². The predicted molar refractivity (Wildman–Crippen MR) is 109 cm³/mol. The molecule has 9 heteroatoms. The molecule has 0 aliphatic carbocycles. The summed E-state index contributed by atoms with van der Waals surface area (Å²) >= 11 is 11.8. The van der Waals surface area contributed by atoms with Crippen molar-refractivity contribution in [2.45, 2.75) is 11.8 Å². The van der Waals surface area contributed by atoms with E-state index in [0.717, 1.165) is 6.07 Å². The molecule has 0 radical (unpaired) electrons. The number of sulfonamides is 1. The van der Waals surface area contributed by atoms with Gasteiger partial charge in [-0.2, -0.15) is 0 Å². The first kappa shape index (κ1) is 21.1. The van der Waals surface area contributed by atoms with Gasteiger partial charge in [-0.05, 0) is 61.0 Å². The van der Waals surface area contributed by atoms with E-state index < -0.39 is 27.5 Å². The molecule has 0 spiro atoms. The van der Waals surface area contributed by atoms with Crippen molar-refractivity contribution in [3.8, 4) is 11.5 Å². The zero-order valence-corrected chi connectivity index (χ0v) is 17.3. The number of carbonyl (C=O) groups excluding carboxylic acids is 1. The Hall–Kier alpha value is -2.61. The van der Waals surface area contributed by atoms with Gasteiger partial charge >= 0.3 is 0 Å². The highest BCUT2D eigenvalue weighted by Crippen LogP contribution is 2.30. The van der Waals surface area contributed by atoms with Gasteiger partial charge in [0.25, 0.3) is 15.9 Å². The van der Waals surface area contributed by atoms with Crippen LogP contribution in [-0.4, -0.2) is 14.3 Å². The molecular weight excluding hydrogens is 440 g/mol. The van der Waals surface area contributed by atoms with Crippen molar-refractivity contribution in [2.24, 2.45) is 0 Å². The lowest BCUT2D eigenvalue weighted by atomic mass is 10.2. The van der Waals surface area contributed by atoms with Gasteiger partial charge in [0.2, 0.25) is 0 Å². The highest BCUT2D eigenvalue weighted by molar-refractivity contribution is 7.90. The topological polar surface area (TPSA) is 72.5 Å². The summed E-state index contributed by atoms with van der Waals surface area (Å²) in [7, 11) is -4.25. The van der Waals surface area contributed by atoms with E-state index in [4.69, 9.17) is 27.9 Å². The average molecular weight is 454 g/mol. The second-order valence-corrected chi connectivity index (χ2v) is 8.46. The van der Waals surface area contributed by atoms with Crippen LogP contribution in [0.2, 0.25) is 10.0 Å². The van der Waals surface area contributed by atoms with E-state index >= 15 is 0 Å². The molecule has 0 heterocycles. The normalized spacial score (nSPS) is 11.2. The first-order chi connectivity index (χ1) is 13.7. The number of ether oxygens (including phenoxy) is 1. The van der Waals surface area contributed by atoms with Crippen molar-refractivity contribution in [3.63, 3.8) is 0 Å². The summed E-state index contributed by atoms with van der Waals surface area (Å²) in [6.07, 6.45) is 0. The van der Waals surface area contributed by atoms with Crippen molar-refractivity contribution in [1.82, 2.24) is 4.72 Å². The lowest BCUT2D eigenvalue weighted by molar-refractivity contribution is 0.0978. The number of halogens is 3. The van der Waals surface area contributed by atoms with Crippen LogP contribution in [0.1, 0.15) is 15.9 Å². The summed E-state index contributed by atoms with van der Waals surface area (Å²) in [4.78, 5) is 12.5. The molecule has 5 nitrogen and oxygen atoms in total. The van der Waals surface area contributed by atoms with Gasteiger partial charge in [0.1, 0.15) is 5.75 Å². The first-order valence-electron chi connectivity index (χ1n) is 8.23. The van der Waals surface area contributed by atoms with E-state index in [1.807, 2.05) is 4.72 Å². The number of hydrogen-bond acceptors (Lipinski definition) is 4. The van der Waals surface area contributed by atoms with Gasteiger partial charge in [0.05, 0.1) is 10.5 Å². The van der Waals surface area contributed by atoms with Crippen molar-refractivity contribution in [2.75, 3.05) is 0 Å². The molecule has 3 rings (SSSR count). The Morgan fingerprint density at radius 2 is 1.66 bits per heavy atom. The lowest BCUT2D eigenvalue weighted by Crippen LogP contribution is -2.31. The van der Waals surface area contributed by atoms with Crippen LogP contribution in [0.15, 0.2) is 65.6 Å². The Bertz CT molecular complexity index is 1180. The number of benzene rings is 3. The Balaban J connectivity index is 1.94. The standard InChI is InChI=1S/C20H14Cl2FNO4S/c1-12-16(22)5-3-7-18(12)29(26,27)24-20(25)15-4-2-6-17(23)19(15)28-14-10-8-13(21)9-11-14/h2-11H,1H3,(H,24,25). The maximum atomic E-state index is 14.4. The summed E-state index contributed by atoms with van der Waals surface area (Å²) in [5, 5.41) is 0.685. The van der Waals surface area contributed by atoms with Gasteiger partial charge in [-0.15, -0.1) is 0 Å². The molecule has 0 saturated heterocycles. The maximum Gasteiger partial charge on any atom is 0.268 e. The first-order valence-corrected chi connectivity index (χ1v) is 10.5. The molecule has 1 amide bonds. The minimum Gasteiger partial charge on any atom is -0.453 e. The Labute approximate surface area is 177 Å². The van der Waals surface area contributed by atoms with Crippen LogP contribution in [0.4, 0.5) is 4.39 Å². The predicted octanol–water partition coefficient (Wildman–Crippen LogP) is 5.35. The summed E-state index contributed by atoms with van der Waals surface area (Å²) in [5.41, 5.74) is -0.00504. The summed E-state index contributed by atoms with van der Waals surface area (Å²) in [5.74, 6) is -2.07. The molecule has 0 atom stereocenters. The summed E-state index contributed by atoms with van der Waals surface area (Å²) in [6, 6.07) is 14.0. The summed E-state index contributed by atoms with van der Waals surface area (Å²) < 4.78 is 47.0. The quantitative estimate of drug-likeness (QED) is 0.564. The second-order valence-electron chi connectivity index (χ2n) is 5.97. The van der Waals surface area contributed by atoms with Crippen molar-refractivity contribution < 1.29 is 22.3 Å². The van der Waals surface area contributed by atoms with Gasteiger partial charge in [0, 0.05) is 10.0 Å². The minimum absolute atomic E-state index is 0.157. The average Bonchev–Trinajstić information content (AvgIpc) is 2.66. The van der Waals surface area contributed by atoms with E-state index in [0.29, 0.717) is 5.02 Å². The number of rotatable bonds is 5. The molecule has 3 aromatic rings. The molecule has 0 aromatic heterocycles. The Morgan fingerprint density at radius 1 is 1.00 bits per heavy atom. The molecule has 29 heavy (non-hydrogen) atoms. The van der Waals surface area contributed by atoms with Gasteiger partial charge < -0.3 is 4.74 Å². The van der Waals surface area contributed by atoms with Crippen LogP contribution in [-0.2, 0) is 10.0 Å². The molecule has 0 aliphatic heterocycles. The third-order valence-electron chi connectivity index (χ3n) is 3.98. The van der Waals surface area contributed by atoms with E-state index in [9.17, 15) is 17.6 Å². The smallest absolute Gasteiger partial charge is 0.268 e. The zero-order valence-electron chi connectivity index (χ0n) is 14.9. The molecule has 0 bridgehead atoms. The zero-order chi connectivity index (χ0) is 21.2. The number of nitrogens with one attached hydrogen (secondary N) is 1. The highest BCUT2D eigenvalue weighted by atomic mass is 35.5. The van der Waals surface area contributed by atoms with Crippen LogP contribution in [0, 0.1) is 12.7 Å². The van der Waals surface area contributed by atoms with Crippen LogP contribution in [0.3, 0.4) is 0 Å². The molecule has 0 saturated carbocycles. The third kappa shape index (κ3) is 4.70. The van der Waals surface area contributed by atoms with Crippen molar-refractivity contribution in [1.29, 1.82) is 0 Å². The number of hydrogen-bond donors (Lipinski definition) is 1. The highest BCUT2D eigenvalue weighted by Gasteiger charge is 2.25. The van der Waals surface area contributed by atoms with E-state index in [2.05, 4.69) is 0 Å². The van der Waals surface area contributed by atoms with Gasteiger partial charge in [-0.3, -0.25) is 4.79 Å². The van der Waals surface area contributed by atoms with Crippen molar-refractivity contribution >= 4 is 39.1 Å². The minimum atomic E-state index is -4.25. The van der Waals surface area contributed by atoms with E-state index in [-0.39, 0.29) is 26.8 Å². The number of carbonyl (C=O) groups is 1. The van der Waals surface area contributed by atoms with Crippen LogP contribution in [0.25, 0.3) is 0 Å². The Kier molecular flexibility index (Phi) is 6.12. The molecule has 0 fully saturated rings. The third-order valence-corrected chi connectivity index (χ3v) is 6.12. The van der Waals surface area contributed by atoms with Crippen LogP contribution in [0.5, 0.6) is 11.5 Å². The molecule has 3 aromatic carbocycles. The van der Waals surface area contributed by atoms with Crippen molar-refractivity contribution in [3.05, 3.63) is 87.7 Å². The maximum absolute atomic E-state index is 14.4. The van der Waals surface area contributed by atoms with Crippen LogP contribution < -0.4 is 9.46 Å². The molecular formula is C20H14Cl2FNO4S. The monoisotopic (exact) mass is 453 g/mol. The molecule has 0 aliphatic rings. The lowest BCUT2D eigenvalue weighted by Gasteiger charge is -2.14. The summed E-state index contributed by atoms with van der Waals surface area (Å²) in [6.45, 7) is 1.51. The fourth-order valence-corrected chi connectivity index (χ4v) is 4.11. The number of amides is 1. The van der Waals surface area contributed by atoms with Crippen LogP contribution >= 0.6 is 23.2 Å². The fraction of sp³-hybridized carbons (Fsp3) is 0.0500. The second kappa shape index (κ2) is 8.41. The van der Waals surface area contributed by atoms with Gasteiger partial charge in [-0.25, -0.2) is 17.5 Å². The molecule has 150 valence electrons. The molecule has 1 N–H and O–H groups in total. The SMILES string of the molecule is Cc1c(Cl)cccc1S(=O)(=O)NC(=O)c1cccc(F)c1Oc1ccc(Cl)cc1. The van der Waals surface area contributed by atoms with E-state index in [1.165, 1.54) is 61.5 Å². The fourth-order valence-electron chi connectivity index (χ4n) is 2.52. The molecule has 0 unspecified atom stereocenters. The number of para-hydroxylation sites is 1. The Morgan fingerprint density at radius 3 is 2.34 bits per heavy atom. The van der Waals surface area contributed by atoms with Gasteiger partial charge in [0.15, 0.2) is 11.6 Å².